The molecule has 0 aromatic heterocycles. The van der Waals surface area contributed by atoms with Crippen LogP contribution in [0.3, 0.4) is 0 Å². The van der Waals surface area contributed by atoms with Crippen molar-refractivity contribution in [3.63, 3.8) is 0 Å². The third-order valence-electron chi connectivity index (χ3n) is 4.14. The van der Waals surface area contributed by atoms with Crippen molar-refractivity contribution >= 4 is 0 Å². The summed E-state index contributed by atoms with van der Waals surface area (Å²) in [6, 6.07) is 6.15. The molecule has 1 aromatic carbocycles. The zero-order valence-corrected chi connectivity index (χ0v) is 13.3. The third-order valence-corrected chi connectivity index (χ3v) is 4.14. The molecule has 3 nitrogen and oxygen atoms in total. The molecule has 0 spiro atoms. The molecule has 1 atom stereocenters. The van der Waals surface area contributed by atoms with Gasteiger partial charge in [0.25, 0.3) is 0 Å². The fourth-order valence-electron chi connectivity index (χ4n) is 2.49. The van der Waals surface area contributed by atoms with E-state index in [1.165, 1.54) is 11.1 Å². The van der Waals surface area contributed by atoms with E-state index in [1.807, 2.05) is 12.1 Å². The lowest BCUT2D eigenvalue weighted by molar-refractivity contribution is 0.139. The molecule has 114 valence electrons. The zero-order chi connectivity index (χ0) is 15.0. The average molecular weight is 279 g/mol. The van der Waals surface area contributed by atoms with Crippen molar-refractivity contribution in [2.45, 2.75) is 52.5 Å². The maximum absolute atomic E-state index is 9.60. The second kappa shape index (κ2) is 8.28. The summed E-state index contributed by atoms with van der Waals surface area (Å²) in [5.41, 5.74) is 2.32. The molecule has 3 heteroatoms. The number of rotatable bonds is 9. The summed E-state index contributed by atoms with van der Waals surface area (Å²) < 4.78 is 5.87. The lowest BCUT2D eigenvalue weighted by Gasteiger charge is -2.31. The first-order valence-electron chi connectivity index (χ1n) is 7.63. The van der Waals surface area contributed by atoms with Gasteiger partial charge in [0.05, 0.1) is 13.2 Å². The second-order valence-electron chi connectivity index (χ2n) is 5.47. The minimum Gasteiger partial charge on any atom is -0.493 e. The van der Waals surface area contributed by atoms with E-state index in [2.05, 4.69) is 39.1 Å². The van der Waals surface area contributed by atoms with Crippen LogP contribution in [0.5, 0.6) is 5.75 Å². The normalized spacial score (nSPS) is 14.1. The predicted octanol–water partition coefficient (Wildman–Crippen LogP) is 3.21. The number of aliphatic hydroxyl groups excluding tert-OH is 1. The summed E-state index contributed by atoms with van der Waals surface area (Å²) in [7, 11) is 0. The highest BCUT2D eigenvalue weighted by atomic mass is 16.5. The number of hydrogen-bond donors (Lipinski definition) is 2. The standard InChI is InChI=1S/C17H29NO2/c1-5-17(13-19,18-6-2)11-8-12-20-16-10-7-9-14(3)15(16)4/h7,9-10,18-19H,5-6,8,11-13H2,1-4H3. The first kappa shape index (κ1) is 17.0. The summed E-state index contributed by atoms with van der Waals surface area (Å²) in [6.45, 7) is 10.1. The van der Waals surface area contributed by atoms with E-state index < -0.39 is 0 Å². The number of aliphatic hydroxyl groups is 1. The van der Waals surface area contributed by atoms with Gasteiger partial charge in [-0.2, -0.15) is 0 Å². The third kappa shape index (κ3) is 4.50. The monoisotopic (exact) mass is 279 g/mol. The van der Waals surface area contributed by atoms with Gasteiger partial charge in [-0.25, -0.2) is 0 Å². The molecule has 1 unspecified atom stereocenters. The second-order valence-corrected chi connectivity index (χ2v) is 5.47. The van der Waals surface area contributed by atoms with Crippen molar-refractivity contribution in [1.29, 1.82) is 0 Å². The average Bonchev–Trinajstić information content (AvgIpc) is 2.46. The molecule has 0 aliphatic heterocycles. The molecule has 0 saturated heterocycles. The van der Waals surface area contributed by atoms with E-state index in [9.17, 15) is 5.11 Å². The fourth-order valence-corrected chi connectivity index (χ4v) is 2.49. The van der Waals surface area contributed by atoms with Gasteiger partial charge in [0, 0.05) is 5.54 Å². The lowest BCUT2D eigenvalue weighted by atomic mass is 9.91. The van der Waals surface area contributed by atoms with Gasteiger partial charge in [0.2, 0.25) is 0 Å². The van der Waals surface area contributed by atoms with E-state index in [4.69, 9.17) is 4.74 Å². The molecule has 0 amide bonds. The number of hydrogen-bond acceptors (Lipinski definition) is 3. The van der Waals surface area contributed by atoms with Crippen LogP contribution in [0.15, 0.2) is 18.2 Å². The van der Waals surface area contributed by atoms with Crippen molar-refractivity contribution in [2.75, 3.05) is 19.8 Å². The first-order valence-corrected chi connectivity index (χ1v) is 7.63. The Morgan fingerprint density at radius 1 is 1.25 bits per heavy atom. The molecule has 0 fully saturated rings. The Balaban J connectivity index is 2.46. The van der Waals surface area contributed by atoms with Gasteiger partial charge < -0.3 is 15.2 Å². The highest BCUT2D eigenvalue weighted by Crippen LogP contribution is 2.22. The Hall–Kier alpha value is -1.06. The van der Waals surface area contributed by atoms with Crippen LogP contribution in [0.25, 0.3) is 0 Å². The Labute approximate surface area is 123 Å². The molecule has 0 bridgehead atoms. The van der Waals surface area contributed by atoms with Crippen molar-refractivity contribution in [2.24, 2.45) is 0 Å². The maximum Gasteiger partial charge on any atom is 0.122 e. The van der Waals surface area contributed by atoms with Crippen LogP contribution in [0.2, 0.25) is 0 Å². The fraction of sp³-hybridized carbons (Fsp3) is 0.647. The number of benzene rings is 1. The molecule has 0 saturated carbocycles. The van der Waals surface area contributed by atoms with Gasteiger partial charge in [-0.15, -0.1) is 0 Å². The zero-order valence-electron chi connectivity index (χ0n) is 13.3. The first-order chi connectivity index (χ1) is 9.58. The van der Waals surface area contributed by atoms with E-state index in [0.29, 0.717) is 6.61 Å². The molecule has 0 aliphatic carbocycles. The molecule has 0 heterocycles. The summed E-state index contributed by atoms with van der Waals surface area (Å²) in [4.78, 5) is 0. The van der Waals surface area contributed by atoms with E-state index in [0.717, 1.165) is 31.6 Å². The van der Waals surface area contributed by atoms with Gasteiger partial charge in [0.1, 0.15) is 5.75 Å². The predicted molar refractivity (Wildman–Crippen MR) is 84.4 cm³/mol. The van der Waals surface area contributed by atoms with Crippen LogP contribution in [0.1, 0.15) is 44.2 Å². The Kier molecular flexibility index (Phi) is 7.03. The van der Waals surface area contributed by atoms with Gasteiger partial charge in [-0.1, -0.05) is 26.0 Å². The lowest BCUT2D eigenvalue weighted by Crippen LogP contribution is -2.48. The van der Waals surface area contributed by atoms with Gasteiger partial charge in [-0.3, -0.25) is 0 Å². The quantitative estimate of drug-likeness (QED) is 0.682. The molecule has 0 radical (unpaired) electrons. The molecular weight excluding hydrogens is 250 g/mol. The smallest absolute Gasteiger partial charge is 0.122 e. The molecular formula is C17H29NO2. The molecule has 0 aliphatic rings. The van der Waals surface area contributed by atoms with Crippen molar-refractivity contribution < 1.29 is 9.84 Å². The van der Waals surface area contributed by atoms with Crippen molar-refractivity contribution in [3.05, 3.63) is 29.3 Å². The highest BCUT2D eigenvalue weighted by Gasteiger charge is 2.25. The van der Waals surface area contributed by atoms with Crippen molar-refractivity contribution in [3.8, 4) is 5.75 Å². The Morgan fingerprint density at radius 2 is 2.00 bits per heavy atom. The Bertz CT molecular complexity index is 400. The number of likely N-dealkylation sites (N-methyl/N-ethyl adjacent to an activating group) is 1. The van der Waals surface area contributed by atoms with Crippen LogP contribution in [-0.2, 0) is 0 Å². The SMILES string of the molecule is CCNC(CC)(CO)CCCOc1cccc(C)c1C. The van der Waals surface area contributed by atoms with Gasteiger partial charge in [-0.05, 0) is 56.8 Å². The van der Waals surface area contributed by atoms with Crippen molar-refractivity contribution in [1.82, 2.24) is 5.32 Å². The van der Waals surface area contributed by atoms with Crippen LogP contribution in [0.4, 0.5) is 0 Å². The van der Waals surface area contributed by atoms with Crippen LogP contribution in [-0.4, -0.2) is 30.4 Å². The summed E-state index contributed by atoms with van der Waals surface area (Å²) in [6.07, 6.45) is 2.80. The van der Waals surface area contributed by atoms with Crippen LogP contribution >= 0.6 is 0 Å². The van der Waals surface area contributed by atoms with E-state index >= 15 is 0 Å². The van der Waals surface area contributed by atoms with Crippen LogP contribution in [0, 0.1) is 13.8 Å². The van der Waals surface area contributed by atoms with E-state index in [1.54, 1.807) is 0 Å². The molecule has 20 heavy (non-hydrogen) atoms. The van der Waals surface area contributed by atoms with Gasteiger partial charge in [0.15, 0.2) is 0 Å². The molecule has 1 rings (SSSR count). The number of ether oxygens (including phenoxy) is 1. The maximum atomic E-state index is 9.60. The highest BCUT2D eigenvalue weighted by molar-refractivity contribution is 5.38. The summed E-state index contributed by atoms with van der Waals surface area (Å²) in [5.74, 6) is 0.972. The topological polar surface area (TPSA) is 41.5 Å². The molecule has 1 aromatic rings. The minimum atomic E-state index is -0.153. The molecule has 2 N–H and O–H groups in total. The minimum absolute atomic E-state index is 0.153. The summed E-state index contributed by atoms with van der Waals surface area (Å²) >= 11 is 0. The Morgan fingerprint density at radius 3 is 2.60 bits per heavy atom. The van der Waals surface area contributed by atoms with E-state index in [-0.39, 0.29) is 12.1 Å². The number of aryl methyl sites for hydroxylation is 1. The number of nitrogens with one attached hydrogen (secondary N) is 1. The summed E-state index contributed by atoms with van der Waals surface area (Å²) in [5, 5.41) is 13.0. The van der Waals surface area contributed by atoms with Crippen LogP contribution < -0.4 is 10.1 Å². The largest absolute Gasteiger partial charge is 0.493 e. The van der Waals surface area contributed by atoms with Gasteiger partial charge >= 0.3 is 0 Å².